The van der Waals surface area contributed by atoms with E-state index in [1.807, 2.05) is 6.92 Å². The van der Waals surface area contributed by atoms with Crippen molar-refractivity contribution in [1.82, 2.24) is 0 Å². The normalized spacial score (nSPS) is 14.0. The van der Waals surface area contributed by atoms with Gasteiger partial charge in [0.25, 0.3) is 0 Å². The molecule has 0 fully saturated rings. The van der Waals surface area contributed by atoms with Crippen LogP contribution in [0.5, 0.6) is 0 Å². The fraction of sp³-hybridized carbons (Fsp3) is 1.00. The van der Waals surface area contributed by atoms with Gasteiger partial charge in [-0.15, -0.1) is 0 Å². The van der Waals surface area contributed by atoms with Gasteiger partial charge in [0.1, 0.15) is 0 Å². The molecule has 0 aromatic heterocycles. The number of hydrogen-bond donors (Lipinski definition) is 3. The maximum Gasteiger partial charge on any atom is 0.498 e. The summed E-state index contributed by atoms with van der Waals surface area (Å²) < 4.78 is 0. The first kappa shape index (κ1) is 9.10. The first-order valence-corrected chi connectivity index (χ1v) is 4.82. The van der Waals surface area contributed by atoms with Gasteiger partial charge >= 0.3 is 8.80 Å². The van der Waals surface area contributed by atoms with Gasteiger partial charge in [-0.2, -0.15) is 0 Å². The molecule has 3 nitrogen and oxygen atoms in total. The van der Waals surface area contributed by atoms with Gasteiger partial charge in [0.15, 0.2) is 0 Å². The molecule has 4 heteroatoms. The van der Waals surface area contributed by atoms with E-state index in [0.29, 0.717) is 6.42 Å². The van der Waals surface area contributed by atoms with Crippen LogP contribution in [-0.4, -0.2) is 23.2 Å². The average molecular weight is 150 g/mol. The number of rotatable bonds is 2. The molecule has 0 radical (unpaired) electrons. The summed E-state index contributed by atoms with van der Waals surface area (Å²) >= 11 is 0. The quantitative estimate of drug-likeness (QED) is 0.489. The van der Waals surface area contributed by atoms with Gasteiger partial charge in [-0.1, -0.05) is 20.8 Å². The van der Waals surface area contributed by atoms with Crippen LogP contribution < -0.4 is 0 Å². The molecule has 0 aliphatic heterocycles. The minimum atomic E-state index is -3.88. The van der Waals surface area contributed by atoms with Crippen LogP contribution in [0.4, 0.5) is 0 Å². The third kappa shape index (κ3) is 2.06. The molecule has 0 saturated heterocycles. The smallest absolute Gasteiger partial charge is 0.390 e. The van der Waals surface area contributed by atoms with Crippen molar-refractivity contribution in [3.8, 4) is 0 Å². The average Bonchev–Trinajstić information content (AvgIpc) is 1.64. The van der Waals surface area contributed by atoms with E-state index >= 15 is 0 Å². The number of hydrogen-bond acceptors (Lipinski definition) is 3. The molecule has 0 rings (SSSR count). The lowest BCUT2D eigenvalue weighted by Crippen LogP contribution is -2.45. The van der Waals surface area contributed by atoms with Gasteiger partial charge in [0, 0.05) is 5.04 Å². The molecular weight excluding hydrogens is 136 g/mol. The van der Waals surface area contributed by atoms with Crippen LogP contribution >= 0.6 is 0 Å². The van der Waals surface area contributed by atoms with Crippen molar-refractivity contribution in [1.29, 1.82) is 0 Å². The fourth-order valence-electron chi connectivity index (χ4n) is 0.237. The molecule has 3 N–H and O–H groups in total. The second-order valence-corrected chi connectivity index (χ2v) is 5.50. The van der Waals surface area contributed by atoms with Crippen LogP contribution in [0.15, 0.2) is 0 Å². The highest BCUT2D eigenvalue weighted by molar-refractivity contribution is 6.59. The Morgan fingerprint density at radius 2 is 1.56 bits per heavy atom. The molecular formula is C5H14O3Si. The Hall–Kier alpha value is 0.0969. The molecule has 0 saturated carbocycles. The second kappa shape index (κ2) is 2.38. The largest absolute Gasteiger partial charge is 0.498 e. The Morgan fingerprint density at radius 3 is 1.56 bits per heavy atom. The molecule has 0 aliphatic carbocycles. The van der Waals surface area contributed by atoms with Crippen molar-refractivity contribution in [2.75, 3.05) is 0 Å². The van der Waals surface area contributed by atoms with Crippen molar-refractivity contribution in [2.24, 2.45) is 0 Å². The molecule has 0 atom stereocenters. The third-order valence-electron chi connectivity index (χ3n) is 1.79. The van der Waals surface area contributed by atoms with Crippen LogP contribution in [0.2, 0.25) is 5.04 Å². The molecule has 0 amide bonds. The summed E-state index contributed by atoms with van der Waals surface area (Å²) in [7, 11) is -3.88. The van der Waals surface area contributed by atoms with E-state index in [2.05, 4.69) is 0 Å². The maximum absolute atomic E-state index is 8.80. The molecule has 0 spiro atoms. The monoisotopic (exact) mass is 150 g/mol. The Labute approximate surface area is 56.3 Å². The van der Waals surface area contributed by atoms with Crippen molar-refractivity contribution in [3.63, 3.8) is 0 Å². The van der Waals surface area contributed by atoms with E-state index in [9.17, 15) is 0 Å². The van der Waals surface area contributed by atoms with Crippen LogP contribution in [-0.2, 0) is 0 Å². The summed E-state index contributed by atoms with van der Waals surface area (Å²) in [6, 6.07) is 0. The van der Waals surface area contributed by atoms with Gasteiger partial charge in [-0.3, -0.25) is 0 Å². The topological polar surface area (TPSA) is 60.7 Å². The summed E-state index contributed by atoms with van der Waals surface area (Å²) in [5.41, 5.74) is 0. The predicted molar refractivity (Wildman–Crippen MR) is 36.7 cm³/mol. The summed E-state index contributed by atoms with van der Waals surface area (Å²) in [5, 5.41) is -0.715. The Bertz CT molecular complexity index is 94.9. The summed E-state index contributed by atoms with van der Waals surface area (Å²) in [5.74, 6) is 0. The van der Waals surface area contributed by atoms with Gasteiger partial charge in [-0.25, -0.2) is 0 Å². The third-order valence-corrected chi connectivity index (χ3v) is 3.96. The Balaban J connectivity index is 4.14. The molecule has 0 unspecified atom stereocenters. The van der Waals surface area contributed by atoms with E-state index in [-0.39, 0.29) is 0 Å². The van der Waals surface area contributed by atoms with Crippen molar-refractivity contribution in [3.05, 3.63) is 0 Å². The van der Waals surface area contributed by atoms with Crippen LogP contribution in [0, 0.1) is 0 Å². The molecule has 0 aromatic rings. The molecule has 0 bridgehead atoms. The van der Waals surface area contributed by atoms with Crippen LogP contribution in [0.3, 0.4) is 0 Å². The standard InChI is InChI=1S/C5H14O3Si/c1-4-5(2,3)9(6,7)8/h6-8H,4H2,1-3H3. The maximum atomic E-state index is 8.80. The van der Waals surface area contributed by atoms with E-state index in [1.165, 1.54) is 0 Å². The zero-order valence-electron chi connectivity index (χ0n) is 6.05. The summed E-state index contributed by atoms with van der Waals surface area (Å²) in [6.45, 7) is 5.09. The van der Waals surface area contributed by atoms with Crippen LogP contribution in [0.1, 0.15) is 27.2 Å². The highest BCUT2D eigenvalue weighted by Gasteiger charge is 2.45. The van der Waals surface area contributed by atoms with Gasteiger partial charge < -0.3 is 14.4 Å². The predicted octanol–water partition coefficient (Wildman–Crippen LogP) is 0.0924. The first-order chi connectivity index (χ1) is 3.81. The van der Waals surface area contributed by atoms with Gasteiger partial charge in [0.05, 0.1) is 0 Å². The molecule has 0 aliphatic rings. The van der Waals surface area contributed by atoms with E-state index in [0.717, 1.165) is 0 Å². The van der Waals surface area contributed by atoms with Crippen molar-refractivity contribution in [2.45, 2.75) is 32.2 Å². The highest BCUT2D eigenvalue weighted by atomic mass is 28.4. The summed E-state index contributed by atoms with van der Waals surface area (Å²) in [6.07, 6.45) is 0.572. The molecule has 0 aromatic carbocycles. The van der Waals surface area contributed by atoms with Gasteiger partial charge in [0.2, 0.25) is 0 Å². The SMILES string of the molecule is CCC(C)(C)[Si](O)(O)O. The van der Waals surface area contributed by atoms with Crippen LogP contribution in [0.25, 0.3) is 0 Å². The molecule has 9 heavy (non-hydrogen) atoms. The van der Waals surface area contributed by atoms with E-state index in [4.69, 9.17) is 14.4 Å². The summed E-state index contributed by atoms with van der Waals surface area (Å²) in [4.78, 5) is 26.4. The lowest BCUT2D eigenvalue weighted by atomic mass is 10.1. The second-order valence-electron chi connectivity index (χ2n) is 2.87. The fourth-order valence-corrected chi connectivity index (χ4v) is 0.712. The lowest BCUT2D eigenvalue weighted by molar-refractivity contribution is 0.184. The molecule has 56 valence electrons. The Kier molecular flexibility index (Phi) is 2.40. The zero-order valence-corrected chi connectivity index (χ0v) is 7.05. The van der Waals surface area contributed by atoms with Crippen molar-refractivity contribution < 1.29 is 14.4 Å². The lowest BCUT2D eigenvalue weighted by Gasteiger charge is -2.27. The minimum absolute atomic E-state index is 0.572. The highest BCUT2D eigenvalue weighted by Crippen LogP contribution is 2.34. The zero-order chi connectivity index (χ0) is 7.71. The van der Waals surface area contributed by atoms with Gasteiger partial charge in [-0.05, 0) is 6.42 Å². The minimum Gasteiger partial charge on any atom is -0.390 e. The van der Waals surface area contributed by atoms with E-state index < -0.39 is 13.8 Å². The van der Waals surface area contributed by atoms with E-state index in [1.54, 1.807) is 13.8 Å². The molecule has 0 heterocycles. The van der Waals surface area contributed by atoms with Crippen molar-refractivity contribution >= 4 is 8.80 Å². The Morgan fingerprint density at radius 1 is 1.22 bits per heavy atom. The first-order valence-electron chi connectivity index (χ1n) is 2.98.